The third-order valence-electron chi connectivity index (χ3n) is 4.84. The van der Waals surface area contributed by atoms with E-state index in [-0.39, 0.29) is 0 Å². The minimum absolute atomic E-state index is 0.818. The summed E-state index contributed by atoms with van der Waals surface area (Å²) >= 11 is 0. The van der Waals surface area contributed by atoms with Gasteiger partial charge in [0.25, 0.3) is 0 Å². The van der Waals surface area contributed by atoms with Crippen LogP contribution in [0, 0.1) is 5.92 Å². The fourth-order valence-electron chi connectivity index (χ4n) is 3.50. The average Bonchev–Trinajstić information content (AvgIpc) is 3.21. The topological polar surface area (TPSA) is 15.3 Å². The molecule has 3 saturated carbocycles. The van der Waals surface area contributed by atoms with Gasteiger partial charge in [-0.2, -0.15) is 0 Å². The van der Waals surface area contributed by atoms with Crippen LogP contribution in [0.15, 0.2) is 0 Å². The standard InChI is InChI=1S/C15H28N2/c1-2-16-13-5-7-14(8-6-13)17(15-9-10-15)11-12-3-4-12/h12-16H,2-11H2,1H3. The van der Waals surface area contributed by atoms with Gasteiger partial charge in [0.05, 0.1) is 0 Å². The van der Waals surface area contributed by atoms with Crippen molar-refractivity contribution in [1.82, 2.24) is 10.2 Å². The molecule has 17 heavy (non-hydrogen) atoms. The summed E-state index contributed by atoms with van der Waals surface area (Å²) in [4.78, 5) is 2.90. The Morgan fingerprint density at radius 2 is 1.47 bits per heavy atom. The maximum absolute atomic E-state index is 3.62. The van der Waals surface area contributed by atoms with Crippen LogP contribution in [0.4, 0.5) is 0 Å². The van der Waals surface area contributed by atoms with E-state index >= 15 is 0 Å². The molecule has 0 unspecified atom stereocenters. The average molecular weight is 236 g/mol. The number of nitrogens with one attached hydrogen (secondary N) is 1. The van der Waals surface area contributed by atoms with Gasteiger partial charge in [-0.15, -0.1) is 0 Å². The molecule has 0 atom stereocenters. The largest absolute Gasteiger partial charge is 0.314 e. The predicted molar refractivity (Wildman–Crippen MR) is 72.2 cm³/mol. The van der Waals surface area contributed by atoms with E-state index in [1.54, 1.807) is 0 Å². The van der Waals surface area contributed by atoms with Crippen molar-refractivity contribution in [2.75, 3.05) is 13.1 Å². The molecule has 0 radical (unpaired) electrons. The van der Waals surface area contributed by atoms with Crippen LogP contribution in [0.5, 0.6) is 0 Å². The third-order valence-corrected chi connectivity index (χ3v) is 4.84. The minimum atomic E-state index is 0.818. The molecular weight excluding hydrogens is 208 g/mol. The zero-order valence-corrected chi connectivity index (χ0v) is 11.3. The van der Waals surface area contributed by atoms with E-state index < -0.39 is 0 Å². The van der Waals surface area contributed by atoms with Crippen molar-refractivity contribution >= 4 is 0 Å². The highest BCUT2D eigenvalue weighted by molar-refractivity contribution is 4.94. The Bertz CT molecular complexity index is 237. The highest BCUT2D eigenvalue weighted by atomic mass is 15.2. The first-order valence-corrected chi connectivity index (χ1v) is 7.86. The van der Waals surface area contributed by atoms with Crippen molar-refractivity contribution in [3.8, 4) is 0 Å². The molecule has 0 aromatic carbocycles. The van der Waals surface area contributed by atoms with Crippen LogP contribution in [-0.2, 0) is 0 Å². The summed E-state index contributed by atoms with van der Waals surface area (Å²) < 4.78 is 0. The van der Waals surface area contributed by atoms with Crippen LogP contribution in [0.2, 0.25) is 0 Å². The summed E-state index contributed by atoms with van der Waals surface area (Å²) in [6.45, 7) is 4.81. The van der Waals surface area contributed by atoms with Crippen LogP contribution in [0.1, 0.15) is 58.3 Å². The zero-order chi connectivity index (χ0) is 11.7. The Kier molecular flexibility index (Phi) is 3.72. The Morgan fingerprint density at radius 1 is 0.882 bits per heavy atom. The first-order chi connectivity index (χ1) is 8.36. The van der Waals surface area contributed by atoms with Crippen LogP contribution in [0.25, 0.3) is 0 Å². The molecule has 0 aromatic heterocycles. The van der Waals surface area contributed by atoms with Crippen molar-refractivity contribution in [3.63, 3.8) is 0 Å². The van der Waals surface area contributed by atoms with Crippen LogP contribution >= 0.6 is 0 Å². The van der Waals surface area contributed by atoms with Gasteiger partial charge in [0, 0.05) is 24.7 Å². The van der Waals surface area contributed by atoms with Gasteiger partial charge in [-0.3, -0.25) is 4.90 Å². The van der Waals surface area contributed by atoms with E-state index in [4.69, 9.17) is 0 Å². The maximum Gasteiger partial charge on any atom is 0.00994 e. The molecule has 3 aliphatic carbocycles. The molecule has 2 nitrogen and oxygen atoms in total. The van der Waals surface area contributed by atoms with Gasteiger partial charge in [0.15, 0.2) is 0 Å². The molecule has 0 heterocycles. The van der Waals surface area contributed by atoms with E-state index in [9.17, 15) is 0 Å². The number of nitrogens with zero attached hydrogens (tertiary/aromatic N) is 1. The summed E-state index contributed by atoms with van der Waals surface area (Å²) in [5.41, 5.74) is 0. The molecule has 0 spiro atoms. The van der Waals surface area contributed by atoms with Crippen molar-refractivity contribution < 1.29 is 0 Å². The molecule has 2 heteroatoms. The molecule has 1 N–H and O–H groups in total. The predicted octanol–water partition coefficient (Wildman–Crippen LogP) is 2.78. The van der Waals surface area contributed by atoms with Gasteiger partial charge in [0.2, 0.25) is 0 Å². The fraction of sp³-hybridized carbons (Fsp3) is 1.00. The van der Waals surface area contributed by atoms with E-state index in [0.29, 0.717) is 0 Å². The Hall–Kier alpha value is -0.0800. The van der Waals surface area contributed by atoms with Gasteiger partial charge in [-0.05, 0) is 63.8 Å². The first kappa shape index (κ1) is 12.0. The molecule has 0 saturated heterocycles. The smallest absolute Gasteiger partial charge is 0.00994 e. The fourth-order valence-corrected chi connectivity index (χ4v) is 3.50. The normalized spacial score (nSPS) is 34.2. The Morgan fingerprint density at radius 3 is 1.94 bits per heavy atom. The third kappa shape index (κ3) is 3.23. The van der Waals surface area contributed by atoms with Crippen molar-refractivity contribution in [3.05, 3.63) is 0 Å². The summed E-state index contributed by atoms with van der Waals surface area (Å²) in [5, 5.41) is 3.62. The summed E-state index contributed by atoms with van der Waals surface area (Å²) in [5.74, 6) is 1.07. The monoisotopic (exact) mass is 236 g/mol. The lowest BCUT2D eigenvalue weighted by Crippen LogP contribution is -2.44. The number of rotatable bonds is 6. The minimum Gasteiger partial charge on any atom is -0.314 e. The summed E-state index contributed by atoms with van der Waals surface area (Å²) in [7, 11) is 0. The highest BCUT2D eigenvalue weighted by Gasteiger charge is 2.38. The molecule has 3 aliphatic rings. The summed E-state index contributed by atoms with van der Waals surface area (Å²) in [6.07, 6.45) is 11.7. The molecule has 0 aromatic rings. The first-order valence-electron chi connectivity index (χ1n) is 7.86. The molecule has 0 bridgehead atoms. The zero-order valence-electron chi connectivity index (χ0n) is 11.3. The van der Waals surface area contributed by atoms with Gasteiger partial charge in [-0.1, -0.05) is 6.92 Å². The van der Waals surface area contributed by atoms with Gasteiger partial charge >= 0.3 is 0 Å². The molecule has 98 valence electrons. The van der Waals surface area contributed by atoms with Gasteiger partial charge < -0.3 is 5.32 Å². The van der Waals surface area contributed by atoms with Gasteiger partial charge in [0.1, 0.15) is 0 Å². The van der Waals surface area contributed by atoms with Crippen LogP contribution in [-0.4, -0.2) is 36.1 Å². The lowest BCUT2D eigenvalue weighted by atomic mass is 9.90. The Labute approximate surface area is 106 Å². The molecule has 0 aliphatic heterocycles. The molecule has 3 fully saturated rings. The van der Waals surface area contributed by atoms with Crippen molar-refractivity contribution in [2.24, 2.45) is 5.92 Å². The maximum atomic E-state index is 3.62. The Balaban J connectivity index is 1.48. The van der Waals surface area contributed by atoms with E-state index in [1.807, 2.05) is 0 Å². The van der Waals surface area contributed by atoms with E-state index in [0.717, 1.165) is 30.6 Å². The van der Waals surface area contributed by atoms with Crippen molar-refractivity contribution in [2.45, 2.75) is 76.4 Å². The van der Waals surface area contributed by atoms with Crippen molar-refractivity contribution in [1.29, 1.82) is 0 Å². The second-order valence-electron chi connectivity index (χ2n) is 6.43. The van der Waals surface area contributed by atoms with Crippen LogP contribution < -0.4 is 5.32 Å². The summed E-state index contributed by atoms with van der Waals surface area (Å²) in [6, 6.07) is 2.73. The second kappa shape index (κ2) is 5.27. The number of hydrogen-bond donors (Lipinski definition) is 1. The van der Waals surface area contributed by atoms with E-state index in [2.05, 4.69) is 17.1 Å². The lowest BCUT2D eigenvalue weighted by Gasteiger charge is -2.37. The SMILES string of the molecule is CCNC1CCC(N(CC2CC2)C2CC2)CC1. The second-order valence-corrected chi connectivity index (χ2v) is 6.43. The molecule has 0 amide bonds. The van der Waals surface area contributed by atoms with E-state index in [1.165, 1.54) is 57.9 Å². The number of hydrogen-bond acceptors (Lipinski definition) is 2. The quantitative estimate of drug-likeness (QED) is 0.763. The van der Waals surface area contributed by atoms with Gasteiger partial charge in [-0.25, -0.2) is 0 Å². The molecule has 3 rings (SSSR count). The lowest BCUT2D eigenvalue weighted by molar-refractivity contribution is 0.130. The van der Waals surface area contributed by atoms with Crippen LogP contribution in [0.3, 0.4) is 0 Å². The molecular formula is C15H28N2. The highest BCUT2D eigenvalue weighted by Crippen LogP contribution is 2.38.